The Kier molecular flexibility index (Phi) is 11.7. The first kappa shape index (κ1) is 36.7. The minimum atomic E-state index is -4.38. The smallest absolute Gasteiger partial charge is 0.384 e. The first-order chi connectivity index (χ1) is 23.3. The number of aromatic nitrogens is 1. The number of fused-ring (bicyclic) bond motifs is 1. The van der Waals surface area contributed by atoms with Crippen LogP contribution in [-0.2, 0) is 21.4 Å². The van der Waals surface area contributed by atoms with Gasteiger partial charge in [-0.3, -0.25) is 24.3 Å². The van der Waals surface area contributed by atoms with E-state index in [0.29, 0.717) is 31.0 Å². The predicted octanol–water partition coefficient (Wildman–Crippen LogP) is 3.93. The van der Waals surface area contributed by atoms with Crippen molar-refractivity contribution in [2.75, 3.05) is 58.8 Å². The number of carbonyl (C=O) groups is 3. The number of anilines is 1. The Bertz CT molecular complexity index is 1440. The second-order valence-electron chi connectivity index (χ2n) is 14.0. The highest BCUT2D eigenvalue weighted by atomic mass is 19.4. The summed E-state index contributed by atoms with van der Waals surface area (Å²) in [6.45, 7) is 4.04. The minimum absolute atomic E-state index is 0.0322. The highest BCUT2D eigenvalue weighted by Crippen LogP contribution is 2.42. The SMILES string of the molecule is CNCC(=O)N1CCC2C1CCN2C1CCC(O)(c2ccc(N3CCC(C(=O)N(C)C)CC3)cn2)CC1.O=Cc1cccc(C(F)(F)F)c1. The molecule has 2 atom stereocenters. The van der Waals surface area contributed by atoms with Crippen LogP contribution < -0.4 is 10.2 Å². The molecule has 1 aliphatic carbocycles. The maximum absolute atomic E-state index is 12.5. The summed E-state index contributed by atoms with van der Waals surface area (Å²) in [7, 11) is 5.49. The number of rotatable bonds is 7. The molecular formula is C36H49F3N6O4. The third-order valence-electron chi connectivity index (χ3n) is 10.7. The van der Waals surface area contributed by atoms with E-state index in [9.17, 15) is 32.7 Å². The van der Waals surface area contributed by atoms with Crippen molar-refractivity contribution in [1.29, 1.82) is 0 Å². The van der Waals surface area contributed by atoms with E-state index in [0.717, 1.165) is 101 Å². The number of likely N-dealkylation sites (N-methyl/N-ethyl adjacent to an activating group) is 1. The van der Waals surface area contributed by atoms with Crippen molar-refractivity contribution in [3.05, 3.63) is 59.4 Å². The molecule has 1 aromatic carbocycles. The number of aldehydes is 1. The number of alkyl halides is 3. The van der Waals surface area contributed by atoms with Crippen molar-refractivity contribution in [3.63, 3.8) is 0 Å². The molecular weight excluding hydrogens is 637 g/mol. The summed E-state index contributed by atoms with van der Waals surface area (Å²) in [5, 5.41) is 14.5. The number of nitrogens with one attached hydrogen (secondary N) is 1. The van der Waals surface area contributed by atoms with E-state index in [1.807, 2.05) is 33.4 Å². The molecule has 2 amide bonds. The van der Waals surface area contributed by atoms with Crippen molar-refractivity contribution in [2.24, 2.45) is 5.92 Å². The third-order valence-corrected chi connectivity index (χ3v) is 10.7. The van der Waals surface area contributed by atoms with Crippen LogP contribution in [0.1, 0.15) is 73.0 Å². The van der Waals surface area contributed by atoms with E-state index in [1.165, 1.54) is 12.1 Å². The number of nitrogens with zero attached hydrogens (tertiary/aromatic N) is 5. The van der Waals surface area contributed by atoms with Crippen LogP contribution in [0.25, 0.3) is 0 Å². The Hall–Kier alpha value is -3.55. The van der Waals surface area contributed by atoms with E-state index in [-0.39, 0.29) is 23.3 Å². The number of halogens is 3. The van der Waals surface area contributed by atoms with Crippen LogP contribution in [0.4, 0.5) is 18.9 Å². The maximum Gasteiger partial charge on any atom is 0.416 e. The lowest BCUT2D eigenvalue weighted by molar-refractivity contribution is -0.137. The van der Waals surface area contributed by atoms with Gasteiger partial charge in [-0.25, -0.2) is 0 Å². The molecule has 2 unspecified atom stereocenters. The van der Waals surface area contributed by atoms with Crippen molar-refractivity contribution in [2.45, 2.75) is 81.3 Å². The van der Waals surface area contributed by atoms with Crippen molar-refractivity contribution < 1.29 is 32.7 Å². The zero-order valence-corrected chi connectivity index (χ0v) is 28.7. The van der Waals surface area contributed by atoms with Crippen LogP contribution in [0.5, 0.6) is 0 Å². The molecule has 1 aromatic heterocycles. The fraction of sp³-hybridized carbons (Fsp3) is 0.611. The lowest BCUT2D eigenvalue weighted by Gasteiger charge is -2.41. The van der Waals surface area contributed by atoms with Crippen LogP contribution in [0, 0.1) is 5.92 Å². The number of hydrogen-bond acceptors (Lipinski definition) is 8. The summed E-state index contributed by atoms with van der Waals surface area (Å²) in [4.78, 5) is 48.3. The molecule has 2 aromatic rings. The number of hydrogen-bond donors (Lipinski definition) is 2. The highest BCUT2D eigenvalue weighted by molar-refractivity contribution is 5.79. The zero-order chi connectivity index (χ0) is 35.3. The lowest BCUT2D eigenvalue weighted by atomic mass is 9.79. The van der Waals surface area contributed by atoms with Crippen molar-refractivity contribution in [3.8, 4) is 0 Å². The number of likely N-dealkylation sites (tertiary alicyclic amines) is 2. The summed E-state index contributed by atoms with van der Waals surface area (Å²) < 4.78 is 36.0. The van der Waals surface area contributed by atoms with Crippen molar-refractivity contribution >= 4 is 23.8 Å². The number of amides is 2. The van der Waals surface area contributed by atoms with Gasteiger partial charge in [-0.15, -0.1) is 0 Å². The number of piperidine rings is 1. The first-order valence-corrected chi connectivity index (χ1v) is 17.3. The highest BCUT2D eigenvalue weighted by Gasteiger charge is 2.48. The molecule has 0 radical (unpaired) electrons. The number of carbonyl (C=O) groups excluding carboxylic acids is 3. The molecule has 10 nitrogen and oxygen atoms in total. The minimum Gasteiger partial charge on any atom is -0.384 e. The van der Waals surface area contributed by atoms with Gasteiger partial charge >= 0.3 is 6.18 Å². The van der Waals surface area contributed by atoms with Gasteiger partial charge < -0.3 is 25.1 Å². The van der Waals surface area contributed by atoms with Crippen LogP contribution in [0.2, 0.25) is 0 Å². The molecule has 4 fully saturated rings. The molecule has 6 rings (SSSR count). The number of pyridine rings is 1. The zero-order valence-electron chi connectivity index (χ0n) is 28.7. The first-order valence-electron chi connectivity index (χ1n) is 17.3. The van der Waals surface area contributed by atoms with Gasteiger partial charge in [0.1, 0.15) is 11.9 Å². The molecule has 3 aliphatic heterocycles. The number of benzene rings is 1. The quantitative estimate of drug-likeness (QED) is 0.422. The molecule has 3 saturated heterocycles. The maximum atomic E-state index is 12.5. The van der Waals surface area contributed by atoms with E-state index >= 15 is 0 Å². The fourth-order valence-electron chi connectivity index (χ4n) is 8.09. The summed E-state index contributed by atoms with van der Waals surface area (Å²) in [6, 6.07) is 9.63. The number of aliphatic hydroxyl groups is 1. The molecule has 4 aliphatic rings. The van der Waals surface area contributed by atoms with Crippen LogP contribution in [0.3, 0.4) is 0 Å². The fourth-order valence-corrected chi connectivity index (χ4v) is 8.09. The molecule has 49 heavy (non-hydrogen) atoms. The van der Waals surface area contributed by atoms with Crippen LogP contribution >= 0.6 is 0 Å². The monoisotopic (exact) mass is 686 g/mol. The Labute approximate surface area is 286 Å². The summed E-state index contributed by atoms with van der Waals surface area (Å²) in [6.07, 6.45) is 5.11. The molecule has 2 N–H and O–H groups in total. The Morgan fingerprint density at radius 1 is 1.00 bits per heavy atom. The van der Waals surface area contributed by atoms with Gasteiger partial charge in [0.2, 0.25) is 11.8 Å². The summed E-state index contributed by atoms with van der Waals surface area (Å²) in [5.41, 5.74) is 0.204. The average molecular weight is 687 g/mol. The second kappa shape index (κ2) is 15.6. The van der Waals surface area contributed by atoms with Gasteiger partial charge in [-0.05, 0) is 82.7 Å². The van der Waals surface area contributed by atoms with Gasteiger partial charge in [0.15, 0.2) is 0 Å². The van der Waals surface area contributed by atoms with E-state index in [1.54, 1.807) is 4.90 Å². The predicted molar refractivity (Wildman–Crippen MR) is 180 cm³/mol. The molecule has 0 spiro atoms. The Morgan fingerprint density at radius 2 is 1.69 bits per heavy atom. The molecule has 0 bridgehead atoms. The van der Waals surface area contributed by atoms with E-state index < -0.39 is 17.3 Å². The Morgan fingerprint density at radius 3 is 2.29 bits per heavy atom. The van der Waals surface area contributed by atoms with Crippen LogP contribution in [0.15, 0.2) is 42.6 Å². The lowest BCUT2D eigenvalue weighted by Crippen LogP contribution is -2.47. The van der Waals surface area contributed by atoms with Crippen molar-refractivity contribution in [1.82, 2.24) is 25.0 Å². The van der Waals surface area contributed by atoms with E-state index in [4.69, 9.17) is 4.98 Å². The van der Waals surface area contributed by atoms with Gasteiger partial charge in [0.05, 0.1) is 29.7 Å². The standard InChI is InChI=1S/C28H44N6O3.C8H5F3O/c1-29-19-26(35)34-17-11-23-24(34)10-16-33(23)21-6-12-28(37,13-7-21)25-5-4-22(18-30-25)32-14-8-20(9-15-32)27(36)31(2)3;9-8(10,11)7-3-1-2-6(4-7)5-12/h4-5,18,20-21,23-24,29,37H,6-17,19H2,1-3H3;1-5H. The van der Waals surface area contributed by atoms with Gasteiger partial charge in [-0.1, -0.05) is 12.1 Å². The van der Waals surface area contributed by atoms with Gasteiger partial charge in [0, 0.05) is 69.9 Å². The molecule has 1 saturated carbocycles. The molecule has 4 heterocycles. The largest absolute Gasteiger partial charge is 0.416 e. The Balaban J connectivity index is 0.000000330. The topological polar surface area (TPSA) is 109 Å². The summed E-state index contributed by atoms with van der Waals surface area (Å²) >= 11 is 0. The molecule has 268 valence electrons. The van der Waals surface area contributed by atoms with Crippen LogP contribution in [-0.4, -0.2) is 115 Å². The van der Waals surface area contributed by atoms with Gasteiger partial charge in [-0.2, -0.15) is 13.2 Å². The molecule has 13 heteroatoms. The summed E-state index contributed by atoms with van der Waals surface area (Å²) in [5.74, 6) is 0.556. The van der Waals surface area contributed by atoms with E-state index in [2.05, 4.69) is 26.1 Å². The second-order valence-corrected chi connectivity index (χ2v) is 14.0. The van der Waals surface area contributed by atoms with Gasteiger partial charge in [0.25, 0.3) is 0 Å². The average Bonchev–Trinajstić information content (AvgIpc) is 3.71. The third kappa shape index (κ3) is 8.43. The normalized spacial score (nSPS) is 26.1.